The van der Waals surface area contributed by atoms with Gasteiger partial charge in [0.05, 0.1) is 5.69 Å². The summed E-state index contributed by atoms with van der Waals surface area (Å²) in [7, 11) is 1.25. The van der Waals surface area contributed by atoms with E-state index in [0.29, 0.717) is 29.2 Å². The monoisotopic (exact) mass is 1560 g/mol. The molecule has 6 N–H and O–H groups in total. The number of hydrogen-bond donors (Lipinski definition) is 3. The van der Waals surface area contributed by atoms with Crippen molar-refractivity contribution in [1.82, 2.24) is 15.0 Å². The zero-order valence-electron chi connectivity index (χ0n) is 51.4. The van der Waals surface area contributed by atoms with Crippen LogP contribution < -0.4 is 32.0 Å². The van der Waals surface area contributed by atoms with Crippen molar-refractivity contribution in [3.63, 3.8) is 0 Å². The Kier molecular flexibility index (Phi) is 27.4. The van der Waals surface area contributed by atoms with Crippen molar-refractivity contribution in [2.24, 2.45) is 5.73 Å². The molecule has 0 atom stereocenters. The number of Topliss-reactive ketones (excluding diaryl/α,β-unsaturated/α-hetero) is 1. The van der Waals surface area contributed by atoms with Crippen LogP contribution in [0.3, 0.4) is 0 Å². The Balaban J connectivity index is 0.000000194. The number of amides is 2. The predicted molar refractivity (Wildman–Crippen MR) is 362 cm³/mol. The summed E-state index contributed by atoms with van der Waals surface area (Å²) in [5.41, 5.74) is 22.8. The Morgan fingerprint density at radius 3 is 1.61 bits per heavy atom. The molecule has 1 aliphatic carbocycles. The number of hydrogen-bond acceptors (Lipinski definition) is 18. The summed E-state index contributed by atoms with van der Waals surface area (Å²) in [6.45, 7) is 19.6. The van der Waals surface area contributed by atoms with Gasteiger partial charge in [0.2, 0.25) is 5.36 Å². The van der Waals surface area contributed by atoms with Gasteiger partial charge in [0.15, 0.2) is 16.2 Å². The molecule has 0 radical (unpaired) electrons. The molecule has 5 aromatic carbocycles. The number of anilines is 3. The first-order valence-electron chi connectivity index (χ1n) is 28.1. The number of nitrogens with zero attached hydrogens (tertiary/aromatic N) is 5. The molecule has 27 heteroatoms. The third-order valence-electron chi connectivity index (χ3n) is 13.6. The van der Waals surface area contributed by atoms with Gasteiger partial charge in [-0.15, -0.1) is 0 Å². The van der Waals surface area contributed by atoms with Crippen LogP contribution in [0.4, 0.5) is 17.1 Å². The number of carbonyl (C=O) groups excluding carboxylic acids is 4. The van der Waals surface area contributed by atoms with Gasteiger partial charge in [0, 0.05) is 87.2 Å². The van der Waals surface area contributed by atoms with Crippen LogP contribution >= 0.6 is 51.2 Å². The zero-order valence-corrected chi connectivity index (χ0v) is 59.4. The fraction of sp³-hybridized carbons (Fsp3) is 0.197. The Morgan fingerprint density at radius 2 is 1.22 bits per heavy atom. The van der Waals surface area contributed by atoms with Crippen molar-refractivity contribution in [2.45, 2.75) is 77.5 Å². The van der Waals surface area contributed by atoms with Crippen LogP contribution in [0.15, 0.2) is 175 Å². The van der Waals surface area contributed by atoms with Crippen LogP contribution in [0, 0.1) is 48.2 Å². The summed E-state index contributed by atoms with van der Waals surface area (Å²) < 4.78 is 80.7. The number of benzene rings is 6. The summed E-state index contributed by atoms with van der Waals surface area (Å²) in [6, 6.07) is 37.0. The van der Waals surface area contributed by atoms with Crippen LogP contribution in [0.5, 0.6) is 0 Å². The van der Waals surface area contributed by atoms with E-state index in [1.807, 2.05) is 24.3 Å². The molecular weight excluding hydrogens is 1490 g/mol. The molecule has 5 heterocycles. The number of fused-ring (bicyclic) bond motifs is 2. The van der Waals surface area contributed by atoms with E-state index in [2.05, 4.69) is 124 Å². The Labute approximate surface area is 570 Å². The first-order valence-corrected chi connectivity index (χ1v) is 38.0. The normalized spacial score (nSPS) is 12.8. The topological polar surface area (TPSA) is 318 Å². The molecule has 0 spiro atoms. The number of aromatic nitrogens is 2. The summed E-state index contributed by atoms with van der Waals surface area (Å²) in [6.07, 6.45) is 7.63. The van der Waals surface area contributed by atoms with Gasteiger partial charge in [-0.25, -0.2) is 16.8 Å². The molecule has 93 heavy (non-hydrogen) atoms. The molecular formula is C66H66Br2Cl2N8O12RuS2-2. The van der Waals surface area contributed by atoms with Gasteiger partial charge in [-0.2, -0.15) is 6.67 Å². The molecule has 0 unspecified atom stereocenters. The maximum atomic E-state index is 11.9. The minimum absolute atomic E-state index is 0.0671. The van der Waals surface area contributed by atoms with Gasteiger partial charge < -0.3 is 34.8 Å². The minimum atomic E-state index is -5.11. The standard InChI is InChI=1S/C21H27N2.C19H14N2O7S2.C12H9NO4.2C5H4BrN.C4H9NO.2ClH.Ru/c1-14-9-16(3)20(17(4)10-14)22-7-8-23(13-22)21-18(5)11-15(2)12-19(21)6;20-13-8-6-11-15(10-4-2-1-3-5-10)12-7-9-14(21)19(30(25,26)27)17(12)28-16(11)18(13)29(22,23)24;1-8-2-4-9(5-3-8)12(16)17-13-10(14)6-7-11(13)15;2*6-5-2-1-3-7-4-5;1-4(6)2-3-5;;;/h9-13H,7-8H2,1-6H3;1-9,20H,21H2,(H,22,23,24)(H,25,26,27);1-5H,6-7H2;2*1-4H;2-3,5H2,1H3;2*1H;/q-1;;;;;;;;+2/p-3. The van der Waals surface area contributed by atoms with Crippen LogP contribution in [0.2, 0.25) is 0 Å². The maximum absolute atomic E-state index is 11.9. The van der Waals surface area contributed by atoms with Gasteiger partial charge in [-0.05, 0) is 157 Å². The van der Waals surface area contributed by atoms with E-state index < -0.39 is 72.7 Å². The first-order chi connectivity index (χ1) is 43.9. The molecule has 11 rings (SSSR count). The zero-order chi connectivity index (χ0) is 68.5. The Morgan fingerprint density at radius 1 is 0.720 bits per heavy atom. The molecule has 2 fully saturated rings. The van der Waals surface area contributed by atoms with Gasteiger partial charge in [-0.3, -0.25) is 20.2 Å². The van der Waals surface area contributed by atoms with Crippen molar-refractivity contribution in [1.29, 1.82) is 0 Å². The second-order valence-corrected chi connectivity index (χ2v) is 31.1. The summed E-state index contributed by atoms with van der Waals surface area (Å²) in [5.74, 6) is -2.08. The van der Waals surface area contributed by atoms with E-state index in [-0.39, 0.29) is 46.2 Å². The van der Waals surface area contributed by atoms with Crippen molar-refractivity contribution < 1.29 is 73.3 Å². The van der Waals surface area contributed by atoms with Crippen LogP contribution in [-0.2, 0) is 53.0 Å². The van der Waals surface area contributed by atoms with Gasteiger partial charge in [0.1, 0.15) is 30.9 Å². The molecule has 3 aliphatic heterocycles. The van der Waals surface area contributed by atoms with Gasteiger partial charge in [-0.1, -0.05) is 65.7 Å². The molecule has 2 saturated heterocycles. The SMILES string of the molecule is Brc1cccnc1.Brc1cccnc1.CC(=O)CCN.Cc1cc(C)c(N2[CH-]N(c3c(C)cc(C)cc3C)CC2)c(C)c1.Nc1ccc2c(-c3ccccc3)c3ccc(=[NH2+])c(S(=O)(=O)[O-])c-3oc2c1S(=O)(=O)[O-].O=C(ON1C(=O)CCC1=O)c1ccc([CH]=[Ru]([Cl])[Cl])cc1. The third-order valence-corrected chi connectivity index (χ3v) is 18.2. The van der Waals surface area contributed by atoms with E-state index >= 15 is 0 Å². The molecule has 4 aliphatic rings. The summed E-state index contributed by atoms with van der Waals surface area (Å²) >= 11 is 4.58. The average Bonchev–Trinajstić information content (AvgIpc) is 1.24. The molecule has 0 saturated carbocycles. The fourth-order valence-corrected chi connectivity index (χ4v) is 13.8. The number of nitrogen functional groups attached to an aromatic ring is 1. The Hall–Kier alpha value is -7.42. The van der Waals surface area contributed by atoms with E-state index in [1.54, 1.807) is 71.9 Å². The quantitative estimate of drug-likeness (QED) is 0.0286. The first kappa shape index (κ1) is 74.6. The number of ketones is 1. The van der Waals surface area contributed by atoms with Crippen LogP contribution in [0.25, 0.3) is 33.4 Å². The molecule has 7 aromatic rings. The molecule has 2 aromatic heterocycles. The second kappa shape index (κ2) is 34.1. The number of aryl methyl sites for hydroxylation is 6. The number of pyridine rings is 2. The summed E-state index contributed by atoms with van der Waals surface area (Å²) in [4.78, 5) is 60.0. The number of halogens is 4. The fourth-order valence-electron chi connectivity index (χ4n) is 9.98. The van der Waals surface area contributed by atoms with Crippen molar-refractivity contribution in [3.05, 3.63) is 218 Å². The van der Waals surface area contributed by atoms with E-state index in [0.717, 1.165) is 27.6 Å². The van der Waals surface area contributed by atoms with E-state index in [9.17, 15) is 45.1 Å². The molecule has 0 bridgehead atoms. The molecule has 20 nitrogen and oxygen atoms in total. The van der Waals surface area contributed by atoms with Crippen LogP contribution in [-0.4, -0.2) is 88.8 Å². The van der Waals surface area contributed by atoms with Gasteiger partial charge in [0.25, 0.3) is 0 Å². The molecule has 492 valence electrons. The van der Waals surface area contributed by atoms with Crippen molar-refractivity contribution in [2.75, 3.05) is 35.2 Å². The predicted octanol–water partition coefficient (Wildman–Crippen LogP) is 10.8. The number of nitrogens with two attached hydrogens (primary N) is 3. The third kappa shape index (κ3) is 21.0. The van der Waals surface area contributed by atoms with Crippen molar-refractivity contribution >= 4 is 128 Å². The average molecular weight is 1560 g/mol. The number of imide groups is 1. The number of hydroxylamine groups is 2. The van der Waals surface area contributed by atoms with E-state index in [1.165, 1.54) is 88.1 Å². The Bertz CT molecular complexity index is 4300. The van der Waals surface area contributed by atoms with Gasteiger partial charge >= 0.3 is 128 Å². The van der Waals surface area contributed by atoms with Crippen molar-refractivity contribution in [3.8, 4) is 22.5 Å². The summed E-state index contributed by atoms with van der Waals surface area (Å²) in [5, 5.41) is 6.04. The second-order valence-electron chi connectivity index (χ2n) is 20.9. The molecule has 2 amide bonds. The van der Waals surface area contributed by atoms with E-state index in [4.69, 9.17) is 45.5 Å². The number of rotatable bonds is 10. The number of carbonyl (C=O) groups is 4. The van der Waals surface area contributed by atoms with Crippen LogP contribution in [0.1, 0.15) is 75.5 Å².